The summed E-state index contributed by atoms with van der Waals surface area (Å²) in [5, 5.41) is 10.1. The van der Waals surface area contributed by atoms with Gasteiger partial charge in [-0.1, -0.05) is 44.7 Å². The minimum absolute atomic E-state index is 0.0178. The second-order valence-corrected chi connectivity index (χ2v) is 6.94. The van der Waals surface area contributed by atoms with Crippen LogP contribution in [0.4, 0.5) is 0 Å². The number of aryl methyl sites for hydroxylation is 1. The van der Waals surface area contributed by atoms with Gasteiger partial charge >= 0.3 is 0 Å². The van der Waals surface area contributed by atoms with Gasteiger partial charge in [0.15, 0.2) is 5.16 Å². The van der Waals surface area contributed by atoms with Crippen LogP contribution in [0, 0.1) is 5.92 Å². The van der Waals surface area contributed by atoms with Gasteiger partial charge in [-0.05, 0) is 30.2 Å². The molecule has 0 spiro atoms. The summed E-state index contributed by atoms with van der Waals surface area (Å²) in [6.07, 6.45) is 0.941. The monoisotopic (exact) mass is 316 g/mol. The molecule has 0 aliphatic carbocycles. The molecular formula is C16H20N4OS. The first-order chi connectivity index (χ1) is 10.6. The van der Waals surface area contributed by atoms with E-state index in [2.05, 4.69) is 31.0 Å². The van der Waals surface area contributed by atoms with Crippen molar-refractivity contribution in [2.45, 2.75) is 38.9 Å². The van der Waals surface area contributed by atoms with Gasteiger partial charge in [-0.15, -0.1) is 10.2 Å². The van der Waals surface area contributed by atoms with Crippen molar-refractivity contribution < 1.29 is 0 Å². The molecule has 5 nitrogen and oxygen atoms in total. The van der Waals surface area contributed by atoms with Crippen LogP contribution in [-0.2, 0) is 6.54 Å². The van der Waals surface area contributed by atoms with Gasteiger partial charge in [0.2, 0.25) is 5.78 Å². The number of hydrogen-bond donors (Lipinski definition) is 0. The number of rotatable bonds is 5. The molecule has 3 aromatic rings. The SMILES string of the molecule is CCSc1nnc2n(CCC(C)C)c(=O)c3ccccc3n12. The average molecular weight is 316 g/mol. The van der Waals surface area contributed by atoms with Crippen molar-refractivity contribution in [2.75, 3.05) is 5.75 Å². The lowest BCUT2D eigenvalue weighted by Crippen LogP contribution is -2.24. The molecule has 1 aromatic carbocycles. The summed E-state index contributed by atoms with van der Waals surface area (Å²) in [5.41, 5.74) is 0.897. The molecule has 0 atom stereocenters. The summed E-state index contributed by atoms with van der Waals surface area (Å²) < 4.78 is 3.76. The molecule has 0 saturated carbocycles. The summed E-state index contributed by atoms with van der Waals surface area (Å²) in [7, 11) is 0. The van der Waals surface area contributed by atoms with Gasteiger partial charge in [0.05, 0.1) is 10.9 Å². The van der Waals surface area contributed by atoms with Crippen LogP contribution in [0.3, 0.4) is 0 Å². The van der Waals surface area contributed by atoms with E-state index in [1.54, 1.807) is 16.3 Å². The maximum Gasteiger partial charge on any atom is 0.262 e. The van der Waals surface area contributed by atoms with E-state index in [1.165, 1.54) is 0 Å². The minimum Gasteiger partial charge on any atom is -0.276 e. The third-order valence-electron chi connectivity index (χ3n) is 3.68. The molecule has 116 valence electrons. The zero-order chi connectivity index (χ0) is 15.7. The molecule has 3 rings (SSSR count). The standard InChI is InChI=1S/C16H20N4OS/c1-4-22-16-18-17-15-19(10-9-11(2)3)14(21)12-7-5-6-8-13(12)20(15)16/h5-8,11H,4,9-10H2,1-3H3. The molecule has 0 aliphatic rings. The van der Waals surface area contributed by atoms with Gasteiger partial charge in [-0.2, -0.15) is 0 Å². The van der Waals surface area contributed by atoms with E-state index < -0.39 is 0 Å². The Morgan fingerprint density at radius 2 is 2.00 bits per heavy atom. The first-order valence-electron chi connectivity index (χ1n) is 7.63. The van der Waals surface area contributed by atoms with E-state index in [0.29, 0.717) is 18.2 Å². The molecular weight excluding hydrogens is 296 g/mol. The van der Waals surface area contributed by atoms with E-state index in [-0.39, 0.29) is 5.56 Å². The van der Waals surface area contributed by atoms with Crippen LogP contribution in [0.5, 0.6) is 0 Å². The van der Waals surface area contributed by atoms with E-state index in [1.807, 2.05) is 28.7 Å². The Hall–Kier alpha value is -1.82. The smallest absolute Gasteiger partial charge is 0.262 e. The number of thioether (sulfide) groups is 1. The molecule has 0 fully saturated rings. The number of aromatic nitrogens is 4. The predicted molar refractivity (Wildman–Crippen MR) is 90.6 cm³/mol. The highest BCUT2D eigenvalue weighted by Crippen LogP contribution is 2.21. The molecule has 2 heterocycles. The Balaban J connectivity index is 2.33. The van der Waals surface area contributed by atoms with E-state index in [9.17, 15) is 4.79 Å². The van der Waals surface area contributed by atoms with Crippen molar-refractivity contribution in [3.63, 3.8) is 0 Å². The molecule has 2 aromatic heterocycles. The Labute approximate surface area is 133 Å². The highest BCUT2D eigenvalue weighted by atomic mass is 32.2. The zero-order valence-corrected chi connectivity index (χ0v) is 13.9. The molecule has 0 aliphatic heterocycles. The lowest BCUT2D eigenvalue weighted by Gasteiger charge is -2.12. The van der Waals surface area contributed by atoms with Crippen molar-refractivity contribution in [3.8, 4) is 0 Å². The lowest BCUT2D eigenvalue weighted by atomic mass is 10.1. The minimum atomic E-state index is 0.0178. The summed E-state index contributed by atoms with van der Waals surface area (Å²) in [4.78, 5) is 12.8. The van der Waals surface area contributed by atoms with E-state index in [4.69, 9.17) is 0 Å². The van der Waals surface area contributed by atoms with Crippen molar-refractivity contribution in [1.82, 2.24) is 19.2 Å². The van der Waals surface area contributed by atoms with Gasteiger partial charge in [0, 0.05) is 6.54 Å². The molecule has 0 unspecified atom stereocenters. The third-order valence-corrected chi connectivity index (χ3v) is 4.49. The fourth-order valence-corrected chi connectivity index (χ4v) is 3.21. The van der Waals surface area contributed by atoms with E-state index >= 15 is 0 Å². The van der Waals surface area contributed by atoms with Crippen LogP contribution in [0.2, 0.25) is 0 Å². The Kier molecular flexibility index (Phi) is 4.20. The van der Waals surface area contributed by atoms with Gasteiger partial charge in [0.1, 0.15) is 0 Å². The maximum atomic E-state index is 12.8. The van der Waals surface area contributed by atoms with E-state index in [0.717, 1.165) is 28.2 Å². The van der Waals surface area contributed by atoms with Gasteiger partial charge in [-0.3, -0.25) is 13.8 Å². The average Bonchev–Trinajstić information content (AvgIpc) is 2.91. The highest BCUT2D eigenvalue weighted by molar-refractivity contribution is 7.99. The van der Waals surface area contributed by atoms with Crippen LogP contribution >= 0.6 is 11.8 Å². The van der Waals surface area contributed by atoms with Crippen molar-refractivity contribution in [2.24, 2.45) is 5.92 Å². The third kappa shape index (κ3) is 2.52. The molecule has 6 heteroatoms. The Bertz CT molecular complexity index is 866. The zero-order valence-electron chi connectivity index (χ0n) is 13.1. The number of hydrogen-bond acceptors (Lipinski definition) is 4. The van der Waals surface area contributed by atoms with Gasteiger partial charge < -0.3 is 0 Å². The summed E-state index contributed by atoms with van der Waals surface area (Å²) >= 11 is 1.64. The second kappa shape index (κ2) is 6.12. The summed E-state index contributed by atoms with van der Waals surface area (Å²) in [6, 6.07) is 7.68. The predicted octanol–water partition coefficient (Wildman–Crippen LogP) is 3.20. The summed E-state index contributed by atoms with van der Waals surface area (Å²) in [6.45, 7) is 7.07. The topological polar surface area (TPSA) is 52.2 Å². The van der Waals surface area contributed by atoms with Crippen molar-refractivity contribution in [3.05, 3.63) is 34.6 Å². The maximum absolute atomic E-state index is 12.8. The first-order valence-corrected chi connectivity index (χ1v) is 8.61. The second-order valence-electron chi connectivity index (χ2n) is 5.71. The molecule has 0 radical (unpaired) electrons. The molecule has 0 amide bonds. The van der Waals surface area contributed by atoms with Crippen LogP contribution in [0.1, 0.15) is 27.2 Å². The van der Waals surface area contributed by atoms with Crippen LogP contribution in [-0.4, -0.2) is 24.9 Å². The number of nitrogens with zero attached hydrogens (tertiary/aromatic N) is 4. The van der Waals surface area contributed by atoms with Gasteiger partial charge in [0.25, 0.3) is 5.56 Å². The normalized spacial score (nSPS) is 11.8. The Morgan fingerprint density at radius 1 is 1.23 bits per heavy atom. The Morgan fingerprint density at radius 3 is 2.73 bits per heavy atom. The van der Waals surface area contributed by atoms with Crippen LogP contribution < -0.4 is 5.56 Å². The van der Waals surface area contributed by atoms with Crippen LogP contribution in [0.25, 0.3) is 16.7 Å². The largest absolute Gasteiger partial charge is 0.276 e. The number of benzene rings is 1. The molecule has 0 saturated heterocycles. The fourth-order valence-electron chi connectivity index (χ4n) is 2.55. The lowest BCUT2D eigenvalue weighted by molar-refractivity contribution is 0.512. The number of fused-ring (bicyclic) bond motifs is 3. The summed E-state index contributed by atoms with van der Waals surface area (Å²) in [5.74, 6) is 2.09. The fraction of sp³-hybridized carbons (Fsp3) is 0.438. The molecule has 0 bridgehead atoms. The number of para-hydroxylation sites is 1. The molecule has 0 N–H and O–H groups in total. The van der Waals surface area contributed by atoms with Crippen molar-refractivity contribution in [1.29, 1.82) is 0 Å². The van der Waals surface area contributed by atoms with Crippen molar-refractivity contribution >= 4 is 28.4 Å². The first kappa shape index (κ1) is 15.1. The quantitative estimate of drug-likeness (QED) is 0.678. The molecule has 22 heavy (non-hydrogen) atoms. The van der Waals surface area contributed by atoms with Crippen LogP contribution in [0.15, 0.2) is 34.2 Å². The van der Waals surface area contributed by atoms with Gasteiger partial charge in [-0.25, -0.2) is 0 Å². The highest BCUT2D eigenvalue weighted by Gasteiger charge is 2.16.